The lowest BCUT2D eigenvalue weighted by Gasteiger charge is -2.10. The summed E-state index contributed by atoms with van der Waals surface area (Å²) in [4.78, 5) is 0.277. The molecule has 0 aliphatic carbocycles. The summed E-state index contributed by atoms with van der Waals surface area (Å²) in [5.41, 5.74) is 0.900. The number of aliphatic hydroxyl groups is 1. The van der Waals surface area contributed by atoms with Gasteiger partial charge >= 0.3 is 0 Å². The molecule has 1 aromatic carbocycles. The van der Waals surface area contributed by atoms with Gasteiger partial charge in [-0.05, 0) is 43.0 Å². The van der Waals surface area contributed by atoms with E-state index in [-0.39, 0.29) is 11.5 Å². The summed E-state index contributed by atoms with van der Waals surface area (Å²) in [6.07, 6.45) is 1.94. The third kappa shape index (κ3) is 5.48. The van der Waals surface area contributed by atoms with E-state index in [1.54, 1.807) is 31.2 Å². The average Bonchev–Trinajstić information content (AvgIpc) is 2.43. The molecule has 0 saturated carbocycles. The van der Waals surface area contributed by atoms with E-state index in [1.807, 2.05) is 6.92 Å². The maximum absolute atomic E-state index is 11.8. The van der Waals surface area contributed by atoms with Gasteiger partial charge in [0.15, 0.2) is 0 Å². The highest BCUT2D eigenvalue weighted by Gasteiger charge is 2.11. The molecule has 6 heteroatoms. The fourth-order valence-electron chi connectivity index (χ4n) is 1.80. The molecule has 0 aliphatic rings. The molecule has 0 aliphatic heterocycles. The van der Waals surface area contributed by atoms with Gasteiger partial charge in [-0.1, -0.05) is 13.8 Å². The van der Waals surface area contributed by atoms with E-state index in [0.717, 1.165) is 25.1 Å². The van der Waals surface area contributed by atoms with Crippen molar-refractivity contribution in [3.63, 3.8) is 0 Å². The molecule has 5 nitrogen and oxygen atoms in total. The van der Waals surface area contributed by atoms with Crippen LogP contribution in [0.4, 0.5) is 5.69 Å². The Labute approximate surface area is 121 Å². The fraction of sp³-hybridized carbons (Fsp3) is 0.571. The highest BCUT2D eigenvalue weighted by Crippen LogP contribution is 2.14. The second kappa shape index (κ2) is 8.24. The first kappa shape index (κ1) is 16.9. The van der Waals surface area contributed by atoms with Crippen molar-refractivity contribution < 1.29 is 13.5 Å². The number of anilines is 1. The second-order valence-electron chi connectivity index (χ2n) is 4.88. The number of hydrogen-bond acceptors (Lipinski definition) is 4. The lowest BCUT2D eigenvalue weighted by atomic mass is 10.1. The van der Waals surface area contributed by atoms with Crippen LogP contribution in [0.1, 0.15) is 26.7 Å². The summed E-state index contributed by atoms with van der Waals surface area (Å²) in [6, 6.07) is 6.72. The van der Waals surface area contributed by atoms with Crippen LogP contribution in [0.5, 0.6) is 0 Å². The summed E-state index contributed by atoms with van der Waals surface area (Å²) < 4.78 is 26.0. The minimum atomic E-state index is -3.37. The normalized spacial score (nSPS) is 13.2. The maximum atomic E-state index is 11.8. The van der Waals surface area contributed by atoms with Crippen LogP contribution in [0.3, 0.4) is 0 Å². The van der Waals surface area contributed by atoms with Crippen molar-refractivity contribution in [2.75, 3.05) is 25.0 Å². The van der Waals surface area contributed by atoms with Crippen LogP contribution in [-0.2, 0) is 10.0 Å². The minimum Gasteiger partial charge on any atom is -0.396 e. The summed E-state index contributed by atoms with van der Waals surface area (Å²) in [7, 11) is -3.37. The van der Waals surface area contributed by atoms with Gasteiger partial charge in [-0.25, -0.2) is 13.1 Å². The van der Waals surface area contributed by atoms with Gasteiger partial charge in [0.1, 0.15) is 0 Å². The standard InChI is InChI=1S/C14H24N2O3S/c1-3-16-20(18,19)14-8-6-13(7-9-14)15-10-4-5-12(2)11-17/h6-9,12,15-17H,3-5,10-11H2,1-2H3. The van der Waals surface area contributed by atoms with Crippen molar-refractivity contribution >= 4 is 15.7 Å². The maximum Gasteiger partial charge on any atom is 0.240 e. The number of rotatable bonds is 9. The summed E-state index contributed by atoms with van der Waals surface area (Å²) in [5, 5.41) is 12.2. The van der Waals surface area contributed by atoms with E-state index in [4.69, 9.17) is 5.11 Å². The van der Waals surface area contributed by atoms with E-state index >= 15 is 0 Å². The Morgan fingerprint density at radius 2 is 1.90 bits per heavy atom. The van der Waals surface area contributed by atoms with Crippen LogP contribution in [-0.4, -0.2) is 33.2 Å². The van der Waals surface area contributed by atoms with Crippen LogP contribution in [0, 0.1) is 5.92 Å². The Kier molecular flexibility index (Phi) is 6.98. The third-order valence-electron chi connectivity index (χ3n) is 3.01. The molecule has 114 valence electrons. The van der Waals surface area contributed by atoms with Crippen molar-refractivity contribution in [1.29, 1.82) is 0 Å². The second-order valence-corrected chi connectivity index (χ2v) is 6.65. The number of nitrogens with one attached hydrogen (secondary N) is 2. The molecular weight excluding hydrogens is 276 g/mol. The van der Waals surface area contributed by atoms with Crippen molar-refractivity contribution in [2.45, 2.75) is 31.6 Å². The first-order valence-corrected chi connectivity index (χ1v) is 8.42. The van der Waals surface area contributed by atoms with E-state index in [0.29, 0.717) is 12.5 Å². The summed E-state index contributed by atoms with van der Waals surface area (Å²) in [5.74, 6) is 0.324. The van der Waals surface area contributed by atoms with Gasteiger partial charge in [0.25, 0.3) is 0 Å². The summed E-state index contributed by atoms with van der Waals surface area (Å²) in [6.45, 7) is 5.17. The van der Waals surface area contributed by atoms with Gasteiger partial charge in [-0.3, -0.25) is 0 Å². The molecule has 0 aromatic heterocycles. The topological polar surface area (TPSA) is 78.4 Å². The Morgan fingerprint density at radius 1 is 1.25 bits per heavy atom. The van der Waals surface area contributed by atoms with E-state index < -0.39 is 10.0 Å². The smallest absolute Gasteiger partial charge is 0.240 e. The van der Waals surface area contributed by atoms with Gasteiger partial charge in [0, 0.05) is 25.4 Å². The molecule has 0 radical (unpaired) electrons. The van der Waals surface area contributed by atoms with E-state index in [2.05, 4.69) is 10.0 Å². The first-order valence-electron chi connectivity index (χ1n) is 6.94. The molecule has 1 unspecified atom stereocenters. The Bertz CT molecular complexity index is 486. The predicted octanol–water partition coefficient (Wildman–Crippen LogP) is 1.81. The Balaban J connectivity index is 2.47. The number of aliphatic hydroxyl groups excluding tert-OH is 1. The van der Waals surface area contributed by atoms with Gasteiger partial charge in [0.2, 0.25) is 10.0 Å². The number of hydrogen-bond donors (Lipinski definition) is 3. The van der Waals surface area contributed by atoms with Crippen LogP contribution in [0.15, 0.2) is 29.2 Å². The van der Waals surface area contributed by atoms with Crippen LogP contribution < -0.4 is 10.0 Å². The third-order valence-corrected chi connectivity index (χ3v) is 4.57. The number of sulfonamides is 1. The van der Waals surface area contributed by atoms with Crippen LogP contribution >= 0.6 is 0 Å². The molecule has 0 spiro atoms. The highest BCUT2D eigenvalue weighted by atomic mass is 32.2. The minimum absolute atomic E-state index is 0.219. The number of benzene rings is 1. The van der Waals surface area contributed by atoms with E-state index in [9.17, 15) is 8.42 Å². The lowest BCUT2D eigenvalue weighted by Crippen LogP contribution is -2.23. The predicted molar refractivity (Wildman–Crippen MR) is 81.3 cm³/mol. The van der Waals surface area contributed by atoms with Crippen LogP contribution in [0.25, 0.3) is 0 Å². The van der Waals surface area contributed by atoms with Gasteiger partial charge in [0.05, 0.1) is 4.90 Å². The molecule has 0 amide bonds. The fourth-order valence-corrected chi connectivity index (χ4v) is 2.84. The molecular formula is C14H24N2O3S. The van der Waals surface area contributed by atoms with Gasteiger partial charge < -0.3 is 10.4 Å². The van der Waals surface area contributed by atoms with Gasteiger partial charge in [-0.15, -0.1) is 0 Å². The zero-order valence-corrected chi connectivity index (χ0v) is 12.9. The highest BCUT2D eigenvalue weighted by molar-refractivity contribution is 7.89. The van der Waals surface area contributed by atoms with Gasteiger partial charge in [-0.2, -0.15) is 0 Å². The molecule has 0 bridgehead atoms. The Hall–Kier alpha value is -1.11. The molecule has 0 saturated heterocycles. The van der Waals surface area contributed by atoms with Crippen molar-refractivity contribution in [1.82, 2.24) is 4.72 Å². The monoisotopic (exact) mass is 300 g/mol. The zero-order chi connectivity index (χ0) is 15.0. The molecule has 3 N–H and O–H groups in total. The first-order chi connectivity index (χ1) is 9.49. The average molecular weight is 300 g/mol. The van der Waals surface area contributed by atoms with Crippen molar-refractivity contribution in [2.24, 2.45) is 5.92 Å². The molecule has 0 fully saturated rings. The largest absolute Gasteiger partial charge is 0.396 e. The molecule has 20 heavy (non-hydrogen) atoms. The summed E-state index contributed by atoms with van der Waals surface area (Å²) >= 11 is 0. The molecule has 1 aromatic rings. The van der Waals surface area contributed by atoms with Crippen LogP contribution in [0.2, 0.25) is 0 Å². The van der Waals surface area contributed by atoms with Crippen molar-refractivity contribution in [3.05, 3.63) is 24.3 Å². The Morgan fingerprint density at radius 3 is 2.45 bits per heavy atom. The molecule has 1 rings (SSSR count). The molecule has 1 atom stereocenters. The molecule has 0 heterocycles. The SMILES string of the molecule is CCNS(=O)(=O)c1ccc(NCCCC(C)CO)cc1. The zero-order valence-electron chi connectivity index (χ0n) is 12.1. The quantitative estimate of drug-likeness (QED) is 0.608. The van der Waals surface area contributed by atoms with Crippen molar-refractivity contribution in [3.8, 4) is 0 Å². The van der Waals surface area contributed by atoms with E-state index in [1.165, 1.54) is 0 Å². The lowest BCUT2D eigenvalue weighted by molar-refractivity contribution is 0.229.